The van der Waals surface area contributed by atoms with Gasteiger partial charge in [-0.2, -0.15) is 0 Å². The molecular formula is C14H15ClN4. The molecule has 0 fully saturated rings. The molecule has 0 bridgehead atoms. The van der Waals surface area contributed by atoms with E-state index >= 15 is 0 Å². The van der Waals surface area contributed by atoms with E-state index in [2.05, 4.69) is 26.8 Å². The van der Waals surface area contributed by atoms with Crippen LogP contribution in [0.1, 0.15) is 30.0 Å². The predicted octanol–water partition coefficient (Wildman–Crippen LogP) is 3.32. The van der Waals surface area contributed by atoms with Crippen LogP contribution in [0.4, 0.5) is 5.69 Å². The fourth-order valence-corrected chi connectivity index (χ4v) is 2.88. The van der Waals surface area contributed by atoms with Gasteiger partial charge >= 0.3 is 0 Å². The molecule has 5 heteroatoms. The summed E-state index contributed by atoms with van der Waals surface area (Å²) in [4.78, 5) is 15.6. The zero-order valence-corrected chi connectivity index (χ0v) is 12.2. The summed E-state index contributed by atoms with van der Waals surface area (Å²) in [5.41, 5.74) is 5.68. The van der Waals surface area contributed by atoms with Crippen molar-refractivity contribution < 1.29 is 0 Å². The summed E-state index contributed by atoms with van der Waals surface area (Å²) in [7, 11) is 2.01. The molecule has 1 atom stereocenters. The van der Waals surface area contributed by atoms with Gasteiger partial charge in [-0.05, 0) is 26.8 Å². The van der Waals surface area contributed by atoms with Crippen LogP contribution in [0.2, 0.25) is 5.15 Å². The second-order valence-electron chi connectivity index (χ2n) is 4.98. The van der Waals surface area contributed by atoms with Gasteiger partial charge in [0.25, 0.3) is 0 Å². The first-order chi connectivity index (χ1) is 8.99. The lowest BCUT2D eigenvalue weighted by molar-refractivity contribution is 0.695. The Kier molecular flexibility index (Phi) is 2.71. The summed E-state index contributed by atoms with van der Waals surface area (Å²) in [6, 6.07) is 2.16. The second kappa shape index (κ2) is 4.17. The van der Waals surface area contributed by atoms with Crippen LogP contribution in [0.3, 0.4) is 0 Å². The number of aryl methyl sites for hydroxylation is 2. The van der Waals surface area contributed by atoms with Gasteiger partial charge in [-0.1, -0.05) is 11.6 Å². The third-order valence-electron chi connectivity index (χ3n) is 3.58. The van der Waals surface area contributed by atoms with Gasteiger partial charge in [0.15, 0.2) is 5.15 Å². The Balaban J connectivity index is 2.36. The number of anilines is 1. The molecule has 19 heavy (non-hydrogen) atoms. The first-order valence-electron chi connectivity index (χ1n) is 6.23. The molecule has 2 aromatic rings. The van der Waals surface area contributed by atoms with E-state index in [0.717, 1.165) is 34.0 Å². The molecule has 98 valence electrons. The number of hydrogen-bond acceptors (Lipinski definition) is 4. The Labute approximate surface area is 117 Å². The quantitative estimate of drug-likeness (QED) is 0.691. The fraction of sp³-hybridized carbons (Fsp3) is 0.357. The first-order valence-corrected chi connectivity index (χ1v) is 6.60. The summed E-state index contributed by atoms with van der Waals surface area (Å²) in [6.45, 7) is 6.00. The van der Waals surface area contributed by atoms with Crippen LogP contribution in [0.5, 0.6) is 0 Å². The monoisotopic (exact) mass is 274 g/mol. The average molecular weight is 275 g/mol. The molecule has 1 aliphatic rings. The lowest BCUT2D eigenvalue weighted by atomic mass is 9.97. The van der Waals surface area contributed by atoms with Gasteiger partial charge in [0.1, 0.15) is 0 Å². The number of fused-ring (bicyclic) bond motifs is 3. The minimum Gasteiger partial charge on any atom is -0.363 e. The summed E-state index contributed by atoms with van der Waals surface area (Å²) >= 11 is 6.30. The number of aromatic nitrogens is 3. The Morgan fingerprint density at radius 2 is 1.95 bits per heavy atom. The van der Waals surface area contributed by atoms with Crippen molar-refractivity contribution in [3.05, 3.63) is 34.5 Å². The molecule has 2 aromatic heterocycles. The van der Waals surface area contributed by atoms with E-state index in [9.17, 15) is 0 Å². The maximum Gasteiger partial charge on any atom is 0.153 e. The van der Waals surface area contributed by atoms with E-state index in [1.165, 1.54) is 0 Å². The van der Waals surface area contributed by atoms with Crippen molar-refractivity contribution in [3.63, 3.8) is 0 Å². The molecule has 0 spiro atoms. The zero-order chi connectivity index (χ0) is 13.7. The van der Waals surface area contributed by atoms with Crippen LogP contribution in [0.15, 0.2) is 12.3 Å². The summed E-state index contributed by atoms with van der Waals surface area (Å²) in [6.07, 6.45) is 1.80. The molecule has 0 aromatic carbocycles. The van der Waals surface area contributed by atoms with E-state index in [1.54, 1.807) is 6.20 Å². The summed E-state index contributed by atoms with van der Waals surface area (Å²) < 4.78 is 0. The molecule has 3 heterocycles. The highest BCUT2D eigenvalue weighted by atomic mass is 35.5. The zero-order valence-electron chi connectivity index (χ0n) is 11.4. The molecule has 1 unspecified atom stereocenters. The maximum atomic E-state index is 6.30. The van der Waals surface area contributed by atoms with E-state index in [4.69, 9.17) is 11.6 Å². The number of rotatable bonds is 0. The SMILES string of the molecule is Cc1cc2c(c(Cl)n1)N(C)C(C)c1nc(C)cnc1-2. The normalized spacial score (nSPS) is 17.1. The van der Waals surface area contributed by atoms with E-state index in [-0.39, 0.29) is 6.04 Å². The highest BCUT2D eigenvalue weighted by Gasteiger charge is 2.30. The Hall–Kier alpha value is -1.68. The summed E-state index contributed by atoms with van der Waals surface area (Å²) in [5, 5.41) is 0.525. The third kappa shape index (κ3) is 1.78. The fourth-order valence-electron chi connectivity index (χ4n) is 2.52. The Bertz CT molecular complexity index is 669. The van der Waals surface area contributed by atoms with Crippen molar-refractivity contribution in [2.45, 2.75) is 26.8 Å². The minimum absolute atomic E-state index is 0.136. The molecule has 0 aliphatic carbocycles. The van der Waals surface area contributed by atoms with Crippen molar-refractivity contribution in [1.29, 1.82) is 0 Å². The van der Waals surface area contributed by atoms with Crippen molar-refractivity contribution in [3.8, 4) is 11.3 Å². The van der Waals surface area contributed by atoms with Crippen molar-refractivity contribution >= 4 is 17.3 Å². The average Bonchev–Trinajstić information content (AvgIpc) is 2.35. The van der Waals surface area contributed by atoms with Gasteiger partial charge in [-0.3, -0.25) is 9.97 Å². The van der Waals surface area contributed by atoms with Crippen LogP contribution in [0, 0.1) is 13.8 Å². The lowest BCUT2D eigenvalue weighted by Gasteiger charge is -2.34. The molecule has 0 saturated heterocycles. The van der Waals surface area contributed by atoms with Crippen LogP contribution < -0.4 is 4.90 Å². The number of nitrogens with zero attached hydrogens (tertiary/aromatic N) is 4. The van der Waals surface area contributed by atoms with Crippen molar-refractivity contribution in [2.24, 2.45) is 0 Å². The van der Waals surface area contributed by atoms with Gasteiger partial charge in [0.2, 0.25) is 0 Å². The van der Waals surface area contributed by atoms with Gasteiger partial charge in [0.05, 0.1) is 28.8 Å². The van der Waals surface area contributed by atoms with Gasteiger partial charge in [0, 0.05) is 24.5 Å². The standard InChI is InChI=1S/C14H15ClN4/c1-7-5-10-12-11(17-8(2)6-16-12)9(3)19(4)13(10)14(15)18-7/h5-6,9H,1-4H3. The van der Waals surface area contributed by atoms with Crippen LogP contribution in [-0.2, 0) is 0 Å². The van der Waals surface area contributed by atoms with Crippen molar-refractivity contribution in [1.82, 2.24) is 15.0 Å². The smallest absolute Gasteiger partial charge is 0.153 e. The maximum absolute atomic E-state index is 6.30. The Morgan fingerprint density at radius 3 is 2.68 bits per heavy atom. The molecule has 0 saturated carbocycles. The molecule has 4 nitrogen and oxygen atoms in total. The van der Waals surface area contributed by atoms with E-state index < -0.39 is 0 Å². The number of halogens is 1. The molecule has 0 radical (unpaired) electrons. The number of hydrogen-bond donors (Lipinski definition) is 0. The molecular weight excluding hydrogens is 260 g/mol. The van der Waals surface area contributed by atoms with Crippen LogP contribution in [-0.4, -0.2) is 22.0 Å². The van der Waals surface area contributed by atoms with Crippen LogP contribution in [0.25, 0.3) is 11.3 Å². The minimum atomic E-state index is 0.136. The van der Waals surface area contributed by atoms with Gasteiger partial charge in [-0.15, -0.1) is 0 Å². The molecule has 3 rings (SSSR count). The molecule has 0 N–H and O–H groups in total. The molecule has 0 amide bonds. The molecule has 1 aliphatic heterocycles. The van der Waals surface area contributed by atoms with E-state index in [0.29, 0.717) is 5.15 Å². The third-order valence-corrected chi connectivity index (χ3v) is 3.85. The second-order valence-corrected chi connectivity index (χ2v) is 5.34. The highest BCUT2D eigenvalue weighted by molar-refractivity contribution is 6.33. The van der Waals surface area contributed by atoms with Gasteiger partial charge < -0.3 is 4.90 Å². The number of pyridine rings is 1. The van der Waals surface area contributed by atoms with Crippen molar-refractivity contribution in [2.75, 3.05) is 11.9 Å². The lowest BCUT2D eigenvalue weighted by Crippen LogP contribution is -2.28. The largest absolute Gasteiger partial charge is 0.363 e. The Morgan fingerprint density at radius 1 is 1.21 bits per heavy atom. The summed E-state index contributed by atoms with van der Waals surface area (Å²) in [5.74, 6) is 0. The predicted molar refractivity (Wildman–Crippen MR) is 76.6 cm³/mol. The topological polar surface area (TPSA) is 41.9 Å². The van der Waals surface area contributed by atoms with Crippen LogP contribution >= 0.6 is 11.6 Å². The van der Waals surface area contributed by atoms with E-state index in [1.807, 2.05) is 27.0 Å². The van der Waals surface area contributed by atoms with Gasteiger partial charge in [-0.25, -0.2) is 4.98 Å². The highest BCUT2D eigenvalue weighted by Crippen LogP contribution is 2.44. The first kappa shape index (κ1) is 12.4.